The van der Waals surface area contributed by atoms with Crippen molar-refractivity contribution in [3.63, 3.8) is 0 Å². The van der Waals surface area contributed by atoms with Crippen molar-refractivity contribution in [2.75, 3.05) is 13.1 Å². The lowest BCUT2D eigenvalue weighted by Gasteiger charge is -2.33. The van der Waals surface area contributed by atoms with Crippen molar-refractivity contribution >= 4 is 10.9 Å². The smallest absolute Gasteiger partial charge is 0.251 e. The minimum absolute atomic E-state index is 0.144. The summed E-state index contributed by atoms with van der Waals surface area (Å²) in [6, 6.07) is 8.36. The van der Waals surface area contributed by atoms with E-state index in [1.54, 1.807) is 0 Å². The maximum absolute atomic E-state index is 12.8. The number of nitrogens with two attached hydrogens (primary N) is 1. The first kappa shape index (κ1) is 18.5. The fourth-order valence-corrected chi connectivity index (χ4v) is 5.04. The van der Waals surface area contributed by atoms with Gasteiger partial charge in [-0.1, -0.05) is 23.4 Å². The molecule has 152 valence electrons. The second kappa shape index (κ2) is 7.72. The average molecular weight is 393 g/mol. The Balaban J connectivity index is 1.37. The molecule has 7 heteroatoms. The van der Waals surface area contributed by atoms with Gasteiger partial charge in [-0.15, -0.1) is 5.10 Å². The lowest BCUT2D eigenvalue weighted by molar-refractivity contribution is 0.153. The molecule has 1 aromatic carbocycles. The molecule has 2 aliphatic heterocycles. The molecule has 3 aromatic rings. The standard InChI is InChI=1S/C22H28N6O/c23-11-19-15-27(25-24-19)13-16-4-2-8-26(12-16)14-18-10-21(29)28-9-3-6-17-5-1-7-20(18)22(17)28/h1,5,7,10,15-16H,2-4,6,8-9,11-14,23H2. The van der Waals surface area contributed by atoms with Crippen molar-refractivity contribution in [2.24, 2.45) is 11.7 Å². The zero-order valence-electron chi connectivity index (χ0n) is 16.8. The van der Waals surface area contributed by atoms with Crippen LogP contribution in [0, 0.1) is 5.92 Å². The number of likely N-dealkylation sites (tertiary alicyclic amines) is 1. The van der Waals surface area contributed by atoms with Crippen LogP contribution < -0.4 is 11.3 Å². The van der Waals surface area contributed by atoms with Crippen LogP contribution in [0.15, 0.2) is 35.3 Å². The van der Waals surface area contributed by atoms with Crippen LogP contribution in [-0.2, 0) is 32.6 Å². The highest BCUT2D eigenvalue weighted by Gasteiger charge is 2.23. The molecule has 1 saturated heterocycles. The number of piperidine rings is 1. The lowest BCUT2D eigenvalue weighted by atomic mass is 9.95. The molecule has 5 rings (SSSR count). The first-order valence-corrected chi connectivity index (χ1v) is 10.7. The maximum atomic E-state index is 12.8. The Kier molecular flexibility index (Phi) is 4.93. The van der Waals surface area contributed by atoms with E-state index in [1.807, 2.05) is 21.5 Å². The van der Waals surface area contributed by atoms with Gasteiger partial charge in [0.25, 0.3) is 5.56 Å². The van der Waals surface area contributed by atoms with Gasteiger partial charge < -0.3 is 10.3 Å². The van der Waals surface area contributed by atoms with Gasteiger partial charge in [0, 0.05) is 50.4 Å². The molecule has 1 unspecified atom stereocenters. The molecular formula is C22H28N6O. The van der Waals surface area contributed by atoms with Crippen molar-refractivity contribution < 1.29 is 0 Å². The van der Waals surface area contributed by atoms with Gasteiger partial charge in [0.15, 0.2) is 0 Å². The zero-order chi connectivity index (χ0) is 19.8. The van der Waals surface area contributed by atoms with Crippen LogP contribution in [0.25, 0.3) is 10.9 Å². The average Bonchev–Trinajstić information content (AvgIpc) is 3.19. The molecule has 1 fully saturated rings. The molecule has 0 radical (unpaired) electrons. The number of rotatable bonds is 5. The second-order valence-corrected chi connectivity index (χ2v) is 8.46. The van der Waals surface area contributed by atoms with Crippen LogP contribution in [-0.4, -0.2) is 37.6 Å². The first-order valence-electron chi connectivity index (χ1n) is 10.7. The predicted molar refractivity (Wildman–Crippen MR) is 112 cm³/mol. The quantitative estimate of drug-likeness (QED) is 0.717. The van der Waals surface area contributed by atoms with Crippen molar-refractivity contribution in [3.05, 3.63) is 57.6 Å². The highest BCUT2D eigenvalue weighted by atomic mass is 16.1. The lowest BCUT2D eigenvalue weighted by Crippen LogP contribution is -2.37. The third-order valence-corrected chi connectivity index (χ3v) is 6.36. The molecule has 2 N–H and O–H groups in total. The Labute approximate surface area is 170 Å². The van der Waals surface area contributed by atoms with Crippen LogP contribution in [0.1, 0.15) is 36.1 Å². The largest absolute Gasteiger partial charge is 0.325 e. The van der Waals surface area contributed by atoms with Crippen LogP contribution in [0.5, 0.6) is 0 Å². The molecule has 2 aliphatic rings. The summed E-state index contributed by atoms with van der Waals surface area (Å²) in [7, 11) is 0. The van der Waals surface area contributed by atoms with E-state index in [0.29, 0.717) is 12.5 Å². The second-order valence-electron chi connectivity index (χ2n) is 8.46. The van der Waals surface area contributed by atoms with Gasteiger partial charge in [0.1, 0.15) is 0 Å². The molecule has 29 heavy (non-hydrogen) atoms. The molecule has 0 amide bonds. The van der Waals surface area contributed by atoms with Crippen LogP contribution in [0.3, 0.4) is 0 Å². The predicted octanol–water partition coefficient (Wildman–Crippen LogP) is 1.91. The monoisotopic (exact) mass is 392 g/mol. The normalized spacial score (nSPS) is 19.7. The Morgan fingerprint density at radius 3 is 3.00 bits per heavy atom. The van der Waals surface area contributed by atoms with Gasteiger partial charge in [-0.25, -0.2) is 0 Å². The molecule has 7 nitrogen and oxygen atoms in total. The summed E-state index contributed by atoms with van der Waals surface area (Å²) in [5.74, 6) is 0.539. The van der Waals surface area contributed by atoms with E-state index in [1.165, 1.54) is 23.8 Å². The van der Waals surface area contributed by atoms with Crippen LogP contribution in [0.2, 0.25) is 0 Å². The number of pyridine rings is 1. The first-order chi connectivity index (χ1) is 14.2. The van der Waals surface area contributed by atoms with Crippen LogP contribution in [0.4, 0.5) is 0 Å². The van der Waals surface area contributed by atoms with Gasteiger partial charge in [0.05, 0.1) is 11.2 Å². The third kappa shape index (κ3) is 3.60. The summed E-state index contributed by atoms with van der Waals surface area (Å²) >= 11 is 0. The number of aromatic nitrogens is 4. The van der Waals surface area contributed by atoms with E-state index in [0.717, 1.165) is 62.3 Å². The number of benzene rings is 1. The molecular weight excluding hydrogens is 364 g/mol. The summed E-state index contributed by atoms with van der Waals surface area (Å²) in [5.41, 5.74) is 10.3. The van der Waals surface area contributed by atoms with Gasteiger partial charge >= 0.3 is 0 Å². The third-order valence-electron chi connectivity index (χ3n) is 6.36. The van der Waals surface area contributed by atoms with Crippen LogP contribution >= 0.6 is 0 Å². The minimum atomic E-state index is 0.144. The Morgan fingerprint density at radius 2 is 2.14 bits per heavy atom. The zero-order valence-corrected chi connectivity index (χ0v) is 16.8. The van der Waals surface area contributed by atoms with Gasteiger partial charge in [-0.05, 0) is 49.3 Å². The fraction of sp³-hybridized carbons (Fsp3) is 0.500. The summed E-state index contributed by atoms with van der Waals surface area (Å²) in [4.78, 5) is 15.3. The fourth-order valence-electron chi connectivity index (χ4n) is 5.04. The topological polar surface area (TPSA) is 82.0 Å². The highest BCUT2D eigenvalue weighted by Crippen LogP contribution is 2.28. The van der Waals surface area contributed by atoms with E-state index < -0.39 is 0 Å². The van der Waals surface area contributed by atoms with E-state index in [9.17, 15) is 4.79 Å². The molecule has 4 heterocycles. The number of aryl methyl sites for hydroxylation is 2. The van der Waals surface area contributed by atoms with E-state index in [-0.39, 0.29) is 5.56 Å². The maximum Gasteiger partial charge on any atom is 0.251 e. The molecule has 0 spiro atoms. The van der Waals surface area contributed by atoms with E-state index in [4.69, 9.17) is 5.73 Å². The Bertz CT molecular complexity index is 1080. The van der Waals surface area contributed by atoms with Gasteiger partial charge in [-0.3, -0.25) is 14.4 Å². The summed E-state index contributed by atoms with van der Waals surface area (Å²) in [6.45, 7) is 5.06. The molecule has 0 bridgehead atoms. The van der Waals surface area contributed by atoms with Gasteiger partial charge in [0.2, 0.25) is 0 Å². The SMILES string of the molecule is NCc1cn(CC2CCCN(Cc3cc(=O)n4c5c(cccc35)CCC4)C2)nn1. The Morgan fingerprint density at radius 1 is 1.21 bits per heavy atom. The van der Waals surface area contributed by atoms with Crippen molar-refractivity contribution in [2.45, 2.75) is 51.9 Å². The van der Waals surface area contributed by atoms with E-state index >= 15 is 0 Å². The minimum Gasteiger partial charge on any atom is -0.325 e. The number of para-hydroxylation sites is 1. The molecule has 0 aliphatic carbocycles. The van der Waals surface area contributed by atoms with E-state index in [2.05, 4.69) is 33.4 Å². The number of hydrogen-bond donors (Lipinski definition) is 1. The van der Waals surface area contributed by atoms with Crippen molar-refractivity contribution in [1.29, 1.82) is 0 Å². The Hall–Kier alpha value is -2.51. The highest BCUT2D eigenvalue weighted by molar-refractivity contribution is 5.86. The van der Waals surface area contributed by atoms with Gasteiger partial charge in [-0.2, -0.15) is 0 Å². The summed E-state index contributed by atoms with van der Waals surface area (Å²) in [5, 5.41) is 9.54. The number of hydrogen-bond acceptors (Lipinski definition) is 5. The molecule has 1 atom stereocenters. The molecule has 2 aromatic heterocycles. The summed E-state index contributed by atoms with van der Waals surface area (Å²) in [6.07, 6.45) is 6.43. The van der Waals surface area contributed by atoms with Crippen molar-refractivity contribution in [3.8, 4) is 0 Å². The number of nitrogens with zero attached hydrogens (tertiary/aromatic N) is 5. The molecule has 0 saturated carbocycles. The summed E-state index contributed by atoms with van der Waals surface area (Å²) < 4.78 is 3.89. The van der Waals surface area contributed by atoms with Crippen molar-refractivity contribution in [1.82, 2.24) is 24.5 Å².